The number of hydrogen-bond donors (Lipinski definition) is 0. The summed E-state index contributed by atoms with van der Waals surface area (Å²) in [6.45, 7) is 5.94. The minimum atomic E-state index is 0.207. The van der Waals surface area contributed by atoms with Crippen molar-refractivity contribution in [3.8, 4) is 0 Å². The topological polar surface area (TPSA) is 32.8 Å². The molecule has 80 valence electrons. The lowest BCUT2D eigenvalue weighted by Crippen LogP contribution is -2.49. The Morgan fingerprint density at radius 3 is 2.57 bits per heavy atom. The predicted octanol–water partition coefficient (Wildman–Crippen LogP) is 0.923. The van der Waals surface area contributed by atoms with Crippen LogP contribution in [0.3, 0.4) is 0 Å². The highest BCUT2D eigenvalue weighted by atomic mass is 16.5. The number of urea groups is 1. The Labute approximate surface area is 84.8 Å². The van der Waals surface area contributed by atoms with Gasteiger partial charge in [0.05, 0.1) is 13.2 Å². The number of nitrogens with zero attached hydrogens (tertiary/aromatic N) is 2. The Morgan fingerprint density at radius 1 is 1.29 bits per heavy atom. The van der Waals surface area contributed by atoms with E-state index >= 15 is 0 Å². The monoisotopic (exact) mass is 198 g/mol. The Morgan fingerprint density at radius 2 is 2.00 bits per heavy atom. The molecule has 1 unspecified atom stereocenters. The molecular weight excluding hydrogens is 180 g/mol. The zero-order chi connectivity index (χ0) is 9.97. The molecule has 0 aliphatic carbocycles. The van der Waals surface area contributed by atoms with Crippen molar-refractivity contribution in [3.63, 3.8) is 0 Å². The Bertz CT molecular complexity index is 214. The maximum atomic E-state index is 12.0. The summed E-state index contributed by atoms with van der Waals surface area (Å²) in [4.78, 5) is 15.9. The fourth-order valence-electron chi connectivity index (χ4n) is 2.15. The average molecular weight is 198 g/mol. The number of amides is 2. The van der Waals surface area contributed by atoms with Gasteiger partial charge in [-0.25, -0.2) is 4.79 Å². The standard InChI is InChI=1S/C10H18N2O2/c1-9-3-2-4-12(9)10(13)11-5-7-14-8-6-11/h9H,2-8H2,1H3. The van der Waals surface area contributed by atoms with Crippen LogP contribution in [0, 0.1) is 0 Å². The second-order valence-corrected chi connectivity index (χ2v) is 4.07. The van der Waals surface area contributed by atoms with E-state index in [0.717, 1.165) is 32.5 Å². The van der Waals surface area contributed by atoms with Crippen LogP contribution in [-0.4, -0.2) is 54.7 Å². The van der Waals surface area contributed by atoms with Crippen LogP contribution in [0.2, 0.25) is 0 Å². The molecule has 2 aliphatic rings. The van der Waals surface area contributed by atoms with Crippen LogP contribution >= 0.6 is 0 Å². The third-order valence-corrected chi connectivity index (χ3v) is 3.08. The van der Waals surface area contributed by atoms with Crippen LogP contribution in [0.15, 0.2) is 0 Å². The minimum Gasteiger partial charge on any atom is -0.378 e. The lowest BCUT2D eigenvalue weighted by molar-refractivity contribution is 0.0428. The number of hydrogen-bond acceptors (Lipinski definition) is 2. The summed E-state index contributed by atoms with van der Waals surface area (Å²) in [6, 6.07) is 0.628. The molecule has 4 heteroatoms. The maximum absolute atomic E-state index is 12.0. The fourth-order valence-corrected chi connectivity index (χ4v) is 2.15. The van der Waals surface area contributed by atoms with E-state index in [1.54, 1.807) is 0 Å². The first-order valence-corrected chi connectivity index (χ1v) is 5.42. The summed E-state index contributed by atoms with van der Waals surface area (Å²) in [7, 11) is 0. The molecule has 0 radical (unpaired) electrons. The molecule has 0 aromatic heterocycles. The van der Waals surface area contributed by atoms with Crippen molar-refractivity contribution >= 4 is 6.03 Å². The van der Waals surface area contributed by atoms with Crippen molar-refractivity contribution < 1.29 is 9.53 Å². The van der Waals surface area contributed by atoms with E-state index in [9.17, 15) is 4.79 Å². The van der Waals surface area contributed by atoms with Crippen LogP contribution < -0.4 is 0 Å². The van der Waals surface area contributed by atoms with E-state index in [-0.39, 0.29) is 6.03 Å². The summed E-state index contributed by atoms with van der Waals surface area (Å²) in [5.41, 5.74) is 0. The van der Waals surface area contributed by atoms with E-state index in [1.807, 2.05) is 9.80 Å². The summed E-state index contributed by atoms with van der Waals surface area (Å²) < 4.78 is 5.23. The molecule has 0 saturated carbocycles. The predicted molar refractivity (Wildman–Crippen MR) is 53.2 cm³/mol. The Kier molecular flexibility index (Phi) is 2.91. The highest BCUT2D eigenvalue weighted by Gasteiger charge is 2.29. The molecule has 0 aromatic carbocycles. The van der Waals surface area contributed by atoms with Gasteiger partial charge in [0.1, 0.15) is 0 Å². The molecule has 2 rings (SSSR count). The van der Waals surface area contributed by atoms with Crippen molar-refractivity contribution in [2.24, 2.45) is 0 Å². The lowest BCUT2D eigenvalue weighted by atomic mass is 10.2. The van der Waals surface area contributed by atoms with E-state index in [4.69, 9.17) is 4.74 Å². The molecule has 0 aromatic rings. The van der Waals surface area contributed by atoms with Gasteiger partial charge in [0, 0.05) is 25.7 Å². The third kappa shape index (κ3) is 1.85. The highest BCUT2D eigenvalue weighted by molar-refractivity contribution is 5.75. The first-order valence-electron chi connectivity index (χ1n) is 5.42. The Hall–Kier alpha value is -0.770. The van der Waals surface area contributed by atoms with Gasteiger partial charge >= 0.3 is 6.03 Å². The number of morpholine rings is 1. The molecule has 0 spiro atoms. The zero-order valence-corrected chi connectivity index (χ0v) is 8.74. The van der Waals surface area contributed by atoms with Gasteiger partial charge in [0.25, 0.3) is 0 Å². The largest absolute Gasteiger partial charge is 0.378 e. The van der Waals surface area contributed by atoms with Crippen molar-refractivity contribution in [2.75, 3.05) is 32.8 Å². The molecule has 1 atom stereocenters. The van der Waals surface area contributed by atoms with Crippen molar-refractivity contribution in [1.29, 1.82) is 0 Å². The SMILES string of the molecule is CC1CCCN1C(=O)N1CCOCC1. The van der Waals surface area contributed by atoms with Crippen molar-refractivity contribution in [1.82, 2.24) is 9.80 Å². The molecule has 2 heterocycles. The van der Waals surface area contributed by atoms with E-state index < -0.39 is 0 Å². The lowest BCUT2D eigenvalue weighted by Gasteiger charge is -2.32. The quantitative estimate of drug-likeness (QED) is 0.580. The molecule has 4 nitrogen and oxygen atoms in total. The van der Waals surface area contributed by atoms with Gasteiger partial charge in [0.15, 0.2) is 0 Å². The minimum absolute atomic E-state index is 0.207. The summed E-state index contributed by atoms with van der Waals surface area (Å²) in [5, 5.41) is 0. The van der Waals surface area contributed by atoms with Crippen LogP contribution in [-0.2, 0) is 4.74 Å². The highest BCUT2D eigenvalue weighted by Crippen LogP contribution is 2.18. The van der Waals surface area contributed by atoms with Crippen LogP contribution in [0.25, 0.3) is 0 Å². The normalized spacial score (nSPS) is 28.2. The van der Waals surface area contributed by atoms with Gasteiger partial charge in [-0.15, -0.1) is 0 Å². The van der Waals surface area contributed by atoms with Crippen LogP contribution in [0.4, 0.5) is 4.79 Å². The second kappa shape index (κ2) is 4.17. The van der Waals surface area contributed by atoms with E-state index in [0.29, 0.717) is 19.3 Å². The van der Waals surface area contributed by atoms with Gasteiger partial charge in [-0.05, 0) is 19.8 Å². The molecule has 2 aliphatic heterocycles. The van der Waals surface area contributed by atoms with Gasteiger partial charge in [0.2, 0.25) is 0 Å². The number of carbonyl (C=O) groups is 1. The van der Waals surface area contributed by atoms with Gasteiger partial charge < -0.3 is 14.5 Å². The summed E-state index contributed by atoms with van der Waals surface area (Å²) in [6.07, 6.45) is 2.30. The summed E-state index contributed by atoms with van der Waals surface area (Å²) in [5.74, 6) is 0. The molecule has 14 heavy (non-hydrogen) atoms. The van der Waals surface area contributed by atoms with Gasteiger partial charge in [-0.1, -0.05) is 0 Å². The zero-order valence-electron chi connectivity index (χ0n) is 8.74. The van der Waals surface area contributed by atoms with Gasteiger partial charge in [-0.3, -0.25) is 0 Å². The van der Waals surface area contributed by atoms with Crippen LogP contribution in [0.1, 0.15) is 19.8 Å². The number of carbonyl (C=O) groups excluding carboxylic acids is 1. The second-order valence-electron chi connectivity index (χ2n) is 4.07. The number of rotatable bonds is 0. The maximum Gasteiger partial charge on any atom is 0.320 e. The molecule has 2 saturated heterocycles. The molecule has 2 amide bonds. The first-order chi connectivity index (χ1) is 6.79. The number of likely N-dealkylation sites (tertiary alicyclic amines) is 1. The first kappa shape index (κ1) is 9.77. The van der Waals surface area contributed by atoms with E-state index in [1.165, 1.54) is 0 Å². The van der Waals surface area contributed by atoms with Crippen LogP contribution in [0.5, 0.6) is 0 Å². The van der Waals surface area contributed by atoms with E-state index in [2.05, 4.69) is 6.92 Å². The van der Waals surface area contributed by atoms with Crippen molar-refractivity contribution in [3.05, 3.63) is 0 Å². The average Bonchev–Trinajstić information content (AvgIpc) is 2.65. The van der Waals surface area contributed by atoms with Crippen molar-refractivity contribution in [2.45, 2.75) is 25.8 Å². The molecular formula is C10H18N2O2. The molecule has 0 N–H and O–H groups in total. The third-order valence-electron chi connectivity index (χ3n) is 3.08. The fraction of sp³-hybridized carbons (Fsp3) is 0.900. The smallest absolute Gasteiger partial charge is 0.320 e. The summed E-state index contributed by atoms with van der Waals surface area (Å²) >= 11 is 0. The Balaban J connectivity index is 1.92. The number of ether oxygens (including phenoxy) is 1. The molecule has 2 fully saturated rings. The van der Waals surface area contributed by atoms with Gasteiger partial charge in [-0.2, -0.15) is 0 Å². The molecule has 0 bridgehead atoms.